The summed E-state index contributed by atoms with van der Waals surface area (Å²) >= 11 is 0. The van der Waals surface area contributed by atoms with Gasteiger partial charge in [-0.3, -0.25) is 4.79 Å². The van der Waals surface area contributed by atoms with Crippen LogP contribution in [-0.2, 0) is 4.79 Å². The van der Waals surface area contributed by atoms with Crippen molar-refractivity contribution < 1.29 is 4.79 Å². The van der Waals surface area contributed by atoms with Gasteiger partial charge < -0.3 is 10.6 Å². The average Bonchev–Trinajstić information content (AvgIpc) is 2.39. The van der Waals surface area contributed by atoms with Crippen molar-refractivity contribution in [2.45, 2.75) is 102 Å². The van der Waals surface area contributed by atoms with Gasteiger partial charge in [0.2, 0.25) is 5.91 Å². The highest BCUT2D eigenvalue weighted by atomic mass is 16.2. The van der Waals surface area contributed by atoms with E-state index in [0.717, 1.165) is 0 Å². The van der Waals surface area contributed by atoms with E-state index < -0.39 is 5.54 Å². The molecule has 0 spiro atoms. The Balaban J connectivity index is 2.07. The molecule has 0 aromatic carbocycles. The normalized spacial score (nSPS) is 22.8. The van der Waals surface area contributed by atoms with Crippen molar-refractivity contribution in [1.29, 1.82) is 0 Å². The lowest BCUT2D eigenvalue weighted by molar-refractivity contribution is -0.139. The summed E-state index contributed by atoms with van der Waals surface area (Å²) in [6.45, 7) is 3.93. The van der Waals surface area contributed by atoms with Crippen LogP contribution in [0.5, 0.6) is 0 Å². The molecule has 0 saturated heterocycles. The highest BCUT2D eigenvalue weighted by Crippen LogP contribution is 2.31. The molecule has 0 aromatic heterocycles. The molecular formula is C17H32N2O. The molecule has 2 rings (SSSR count). The Morgan fingerprint density at radius 2 is 1.35 bits per heavy atom. The van der Waals surface area contributed by atoms with E-state index in [1.807, 2.05) is 13.8 Å². The molecule has 2 saturated carbocycles. The highest BCUT2D eigenvalue weighted by molar-refractivity contribution is 5.78. The summed E-state index contributed by atoms with van der Waals surface area (Å²) in [5, 5.41) is 0. The first-order valence-corrected chi connectivity index (χ1v) is 8.57. The molecule has 3 heteroatoms. The molecule has 2 fully saturated rings. The van der Waals surface area contributed by atoms with Crippen molar-refractivity contribution in [3.8, 4) is 0 Å². The Hall–Kier alpha value is -0.570. The molecule has 1 amide bonds. The summed E-state index contributed by atoms with van der Waals surface area (Å²) < 4.78 is 0. The van der Waals surface area contributed by atoms with Crippen LogP contribution in [0.25, 0.3) is 0 Å². The number of nitrogens with zero attached hydrogens (tertiary/aromatic N) is 1. The maximum atomic E-state index is 12.8. The minimum Gasteiger partial charge on any atom is -0.337 e. The second-order valence-electron chi connectivity index (χ2n) is 7.55. The molecule has 0 radical (unpaired) electrons. The van der Waals surface area contributed by atoms with Gasteiger partial charge in [0.25, 0.3) is 0 Å². The van der Waals surface area contributed by atoms with Gasteiger partial charge in [-0.1, -0.05) is 38.5 Å². The Morgan fingerprint density at radius 1 is 0.950 bits per heavy atom. The van der Waals surface area contributed by atoms with Gasteiger partial charge in [0, 0.05) is 24.0 Å². The molecule has 0 aliphatic heterocycles. The van der Waals surface area contributed by atoms with Gasteiger partial charge in [-0.25, -0.2) is 0 Å². The van der Waals surface area contributed by atoms with E-state index in [1.54, 1.807) is 0 Å². The van der Waals surface area contributed by atoms with Crippen molar-refractivity contribution >= 4 is 5.91 Å². The van der Waals surface area contributed by atoms with Crippen molar-refractivity contribution in [2.75, 3.05) is 0 Å². The molecule has 0 atom stereocenters. The number of hydrogen-bond acceptors (Lipinski definition) is 2. The van der Waals surface area contributed by atoms with E-state index >= 15 is 0 Å². The van der Waals surface area contributed by atoms with Crippen LogP contribution < -0.4 is 5.73 Å². The number of carbonyl (C=O) groups excluding carboxylic acids is 1. The van der Waals surface area contributed by atoms with E-state index in [1.165, 1.54) is 64.2 Å². The second kappa shape index (κ2) is 6.93. The Bertz CT molecular complexity index is 291. The maximum absolute atomic E-state index is 12.8. The fraction of sp³-hybridized carbons (Fsp3) is 0.941. The van der Waals surface area contributed by atoms with Crippen LogP contribution in [0.1, 0.15) is 84.5 Å². The summed E-state index contributed by atoms with van der Waals surface area (Å²) in [7, 11) is 0. The Kier molecular flexibility index (Phi) is 5.48. The van der Waals surface area contributed by atoms with E-state index in [4.69, 9.17) is 5.73 Å². The zero-order chi connectivity index (χ0) is 14.6. The molecule has 0 bridgehead atoms. The number of carbonyl (C=O) groups is 1. The quantitative estimate of drug-likeness (QED) is 0.855. The zero-order valence-corrected chi connectivity index (χ0v) is 13.4. The fourth-order valence-electron chi connectivity index (χ4n) is 3.90. The van der Waals surface area contributed by atoms with Crippen molar-refractivity contribution in [1.82, 2.24) is 4.90 Å². The monoisotopic (exact) mass is 280 g/mol. The third-order valence-corrected chi connectivity index (χ3v) is 4.83. The standard InChI is InChI=1S/C17H32N2O/c1-17(2,18)13-16(20)19(14-9-5-3-6-10-14)15-11-7-4-8-12-15/h14-15H,3-13,18H2,1-2H3. The lowest BCUT2D eigenvalue weighted by Gasteiger charge is -2.42. The fourth-order valence-corrected chi connectivity index (χ4v) is 3.90. The molecule has 116 valence electrons. The summed E-state index contributed by atoms with van der Waals surface area (Å²) in [6, 6.07) is 0.975. The number of nitrogens with two attached hydrogens (primary N) is 1. The van der Waals surface area contributed by atoms with Gasteiger partial charge in [0.05, 0.1) is 0 Å². The third-order valence-electron chi connectivity index (χ3n) is 4.83. The van der Waals surface area contributed by atoms with E-state index in [-0.39, 0.29) is 0 Å². The molecule has 2 N–H and O–H groups in total. The summed E-state index contributed by atoms with van der Waals surface area (Å²) in [6.07, 6.45) is 13.1. The van der Waals surface area contributed by atoms with Gasteiger partial charge in [0.15, 0.2) is 0 Å². The minimum atomic E-state index is -0.390. The molecular weight excluding hydrogens is 248 g/mol. The van der Waals surface area contributed by atoms with Crippen molar-refractivity contribution in [2.24, 2.45) is 5.73 Å². The minimum absolute atomic E-state index is 0.302. The first-order chi connectivity index (χ1) is 9.47. The lowest BCUT2D eigenvalue weighted by Crippen LogP contribution is -2.51. The van der Waals surface area contributed by atoms with Crippen LogP contribution in [0.2, 0.25) is 0 Å². The molecule has 3 nitrogen and oxygen atoms in total. The van der Waals surface area contributed by atoms with Crippen LogP contribution in [0, 0.1) is 0 Å². The first kappa shape index (κ1) is 15.8. The Morgan fingerprint density at radius 3 is 1.70 bits per heavy atom. The number of hydrogen-bond donors (Lipinski definition) is 1. The number of amides is 1. The van der Waals surface area contributed by atoms with Gasteiger partial charge in [-0.2, -0.15) is 0 Å². The van der Waals surface area contributed by atoms with Crippen LogP contribution in [0.15, 0.2) is 0 Å². The smallest absolute Gasteiger partial charge is 0.224 e. The van der Waals surface area contributed by atoms with E-state index in [9.17, 15) is 4.79 Å². The predicted octanol–water partition coefficient (Wildman–Crippen LogP) is 3.61. The van der Waals surface area contributed by atoms with Gasteiger partial charge in [-0.05, 0) is 39.5 Å². The van der Waals surface area contributed by atoms with Crippen LogP contribution in [-0.4, -0.2) is 28.4 Å². The second-order valence-corrected chi connectivity index (χ2v) is 7.55. The van der Waals surface area contributed by atoms with Crippen molar-refractivity contribution in [3.05, 3.63) is 0 Å². The molecule has 20 heavy (non-hydrogen) atoms. The van der Waals surface area contributed by atoms with Gasteiger partial charge >= 0.3 is 0 Å². The average molecular weight is 280 g/mol. The zero-order valence-electron chi connectivity index (χ0n) is 13.4. The highest BCUT2D eigenvalue weighted by Gasteiger charge is 2.33. The van der Waals surface area contributed by atoms with E-state index in [0.29, 0.717) is 24.4 Å². The molecule has 0 unspecified atom stereocenters. The summed E-state index contributed by atoms with van der Waals surface area (Å²) in [5.41, 5.74) is 5.70. The SMILES string of the molecule is CC(C)(N)CC(=O)N(C1CCCCC1)C1CCCCC1. The van der Waals surface area contributed by atoms with Crippen LogP contribution in [0.4, 0.5) is 0 Å². The van der Waals surface area contributed by atoms with Gasteiger partial charge in [0.1, 0.15) is 0 Å². The third kappa shape index (κ3) is 4.47. The van der Waals surface area contributed by atoms with Crippen LogP contribution >= 0.6 is 0 Å². The van der Waals surface area contributed by atoms with Crippen molar-refractivity contribution in [3.63, 3.8) is 0 Å². The largest absolute Gasteiger partial charge is 0.337 e. The van der Waals surface area contributed by atoms with E-state index in [2.05, 4.69) is 4.90 Å². The van der Waals surface area contributed by atoms with Gasteiger partial charge in [-0.15, -0.1) is 0 Å². The molecule has 2 aliphatic rings. The first-order valence-electron chi connectivity index (χ1n) is 8.57. The number of rotatable bonds is 4. The molecule has 2 aliphatic carbocycles. The topological polar surface area (TPSA) is 46.3 Å². The molecule has 0 heterocycles. The molecule has 0 aromatic rings. The maximum Gasteiger partial charge on any atom is 0.224 e. The lowest BCUT2D eigenvalue weighted by atomic mass is 9.87. The summed E-state index contributed by atoms with van der Waals surface area (Å²) in [4.78, 5) is 15.1. The summed E-state index contributed by atoms with van der Waals surface area (Å²) in [5.74, 6) is 0.302. The predicted molar refractivity (Wildman–Crippen MR) is 83.5 cm³/mol. The van der Waals surface area contributed by atoms with Crippen LogP contribution in [0.3, 0.4) is 0 Å². The Labute approximate surface area is 124 Å².